The van der Waals surface area contributed by atoms with Gasteiger partial charge in [-0.2, -0.15) is 0 Å². The number of halogens is 1. The van der Waals surface area contributed by atoms with Crippen molar-refractivity contribution >= 4 is 22.6 Å². The highest BCUT2D eigenvalue weighted by Gasteiger charge is 1.94. The normalized spacial score (nSPS) is 9.90. The Morgan fingerprint density at radius 1 is 1.50 bits per heavy atom. The van der Waals surface area contributed by atoms with Gasteiger partial charge in [-0.05, 0) is 46.7 Å². The summed E-state index contributed by atoms with van der Waals surface area (Å²) in [5.74, 6) is 0. The van der Waals surface area contributed by atoms with Crippen molar-refractivity contribution < 1.29 is 5.11 Å². The first-order valence-corrected chi connectivity index (χ1v) is 4.18. The van der Waals surface area contributed by atoms with Gasteiger partial charge in [-0.3, -0.25) is 0 Å². The van der Waals surface area contributed by atoms with Crippen LogP contribution in [0.3, 0.4) is 0 Å². The molecule has 0 atom stereocenters. The third kappa shape index (κ3) is 1.70. The monoisotopic (exact) mass is 248 g/mol. The molecule has 0 bridgehead atoms. The fourth-order valence-electron chi connectivity index (χ4n) is 0.805. The Labute approximate surface area is 74.2 Å². The summed E-state index contributed by atoms with van der Waals surface area (Å²) in [5.41, 5.74) is 2.21. The van der Waals surface area contributed by atoms with Crippen LogP contribution in [0.1, 0.15) is 11.1 Å². The zero-order valence-electron chi connectivity index (χ0n) is 5.76. The number of aryl methyl sites for hydroxylation is 1. The van der Waals surface area contributed by atoms with Crippen molar-refractivity contribution in [3.8, 4) is 0 Å². The van der Waals surface area contributed by atoms with E-state index < -0.39 is 0 Å². The maximum atomic E-state index is 8.75. The van der Waals surface area contributed by atoms with E-state index in [9.17, 15) is 0 Å². The van der Waals surface area contributed by atoms with E-state index >= 15 is 0 Å². The lowest BCUT2D eigenvalue weighted by atomic mass is 10.1. The number of rotatable bonds is 1. The summed E-state index contributed by atoms with van der Waals surface area (Å²) in [6.07, 6.45) is 0. The van der Waals surface area contributed by atoms with Crippen LogP contribution < -0.4 is 0 Å². The van der Waals surface area contributed by atoms with Crippen molar-refractivity contribution in [2.45, 2.75) is 13.5 Å². The molecule has 0 unspecified atom stereocenters. The molecule has 1 rings (SSSR count). The molecule has 54 valence electrons. The predicted octanol–water partition coefficient (Wildman–Crippen LogP) is 2.09. The molecule has 1 nitrogen and oxygen atoms in total. The summed E-state index contributed by atoms with van der Waals surface area (Å²) in [5, 5.41) is 8.75. The Morgan fingerprint density at radius 2 is 2.20 bits per heavy atom. The second-order valence-corrected chi connectivity index (χ2v) is 3.40. The maximum absolute atomic E-state index is 8.75. The first-order chi connectivity index (χ1) is 4.74. The van der Waals surface area contributed by atoms with Crippen molar-refractivity contribution in [3.63, 3.8) is 0 Å². The second kappa shape index (κ2) is 3.34. The minimum atomic E-state index is 0.137. The van der Waals surface area contributed by atoms with Gasteiger partial charge in [0.05, 0.1) is 6.61 Å². The highest BCUT2D eigenvalue weighted by Crippen LogP contribution is 2.12. The van der Waals surface area contributed by atoms with E-state index in [4.69, 9.17) is 5.11 Å². The van der Waals surface area contributed by atoms with Crippen LogP contribution in [0.2, 0.25) is 0 Å². The molecule has 0 amide bonds. The number of benzene rings is 1. The van der Waals surface area contributed by atoms with Crippen molar-refractivity contribution in [1.82, 2.24) is 0 Å². The topological polar surface area (TPSA) is 20.2 Å². The van der Waals surface area contributed by atoms with Crippen LogP contribution in [0, 0.1) is 10.5 Å². The molecular weight excluding hydrogens is 239 g/mol. The molecule has 1 aromatic rings. The van der Waals surface area contributed by atoms with Crippen LogP contribution in [0.15, 0.2) is 18.2 Å². The van der Waals surface area contributed by atoms with Gasteiger partial charge in [0, 0.05) is 3.57 Å². The van der Waals surface area contributed by atoms with E-state index in [2.05, 4.69) is 22.6 Å². The lowest BCUT2D eigenvalue weighted by molar-refractivity contribution is 0.281. The summed E-state index contributed by atoms with van der Waals surface area (Å²) in [7, 11) is 0. The van der Waals surface area contributed by atoms with Crippen molar-refractivity contribution in [2.75, 3.05) is 0 Å². The quantitative estimate of drug-likeness (QED) is 0.754. The molecule has 2 heteroatoms. The molecule has 0 saturated carbocycles. The average Bonchev–Trinajstić information content (AvgIpc) is 1.95. The Balaban J connectivity index is 3.04. The maximum Gasteiger partial charge on any atom is 0.0681 e. The molecule has 0 aliphatic carbocycles. The lowest BCUT2D eigenvalue weighted by Gasteiger charge is -1.99. The SMILES string of the molecule is Cc1cc(CO)ccc1I. The van der Waals surface area contributed by atoms with Gasteiger partial charge in [-0.1, -0.05) is 12.1 Å². The van der Waals surface area contributed by atoms with Gasteiger partial charge in [0.1, 0.15) is 0 Å². The summed E-state index contributed by atoms with van der Waals surface area (Å²) in [6.45, 7) is 2.18. The van der Waals surface area contributed by atoms with Gasteiger partial charge < -0.3 is 5.11 Å². The molecule has 0 aliphatic rings. The standard InChI is InChI=1S/C8H9IO/c1-6-4-7(5-10)2-3-8(6)9/h2-4,10H,5H2,1H3. The smallest absolute Gasteiger partial charge is 0.0681 e. The molecule has 1 N–H and O–H groups in total. The molecule has 0 heterocycles. The van der Waals surface area contributed by atoms with Gasteiger partial charge in [0.2, 0.25) is 0 Å². The third-order valence-electron chi connectivity index (χ3n) is 1.40. The lowest BCUT2D eigenvalue weighted by Crippen LogP contribution is -1.85. The van der Waals surface area contributed by atoms with Gasteiger partial charge in [-0.15, -0.1) is 0 Å². The second-order valence-electron chi connectivity index (χ2n) is 2.24. The summed E-state index contributed by atoms with van der Waals surface area (Å²) < 4.78 is 1.25. The predicted molar refractivity (Wildman–Crippen MR) is 49.8 cm³/mol. The summed E-state index contributed by atoms with van der Waals surface area (Å²) in [4.78, 5) is 0. The van der Waals surface area contributed by atoms with E-state index in [1.165, 1.54) is 9.13 Å². The van der Waals surface area contributed by atoms with Crippen molar-refractivity contribution in [3.05, 3.63) is 32.9 Å². The van der Waals surface area contributed by atoms with E-state index in [1.54, 1.807) is 0 Å². The molecule has 0 spiro atoms. The molecule has 0 radical (unpaired) electrons. The number of hydrogen-bond acceptors (Lipinski definition) is 1. The fourth-order valence-corrected chi connectivity index (χ4v) is 1.14. The Kier molecular flexibility index (Phi) is 2.68. The summed E-state index contributed by atoms with van der Waals surface area (Å²) in [6, 6.07) is 5.96. The molecule has 0 fully saturated rings. The van der Waals surface area contributed by atoms with Gasteiger partial charge in [0.25, 0.3) is 0 Å². The highest BCUT2D eigenvalue weighted by molar-refractivity contribution is 14.1. The number of aliphatic hydroxyl groups is 1. The van der Waals surface area contributed by atoms with Crippen molar-refractivity contribution in [1.29, 1.82) is 0 Å². The Hall–Kier alpha value is -0.0900. The first-order valence-electron chi connectivity index (χ1n) is 3.10. The molecular formula is C8H9IO. The fraction of sp³-hybridized carbons (Fsp3) is 0.250. The Bertz CT molecular complexity index is 233. The van der Waals surface area contributed by atoms with E-state index in [1.807, 2.05) is 25.1 Å². The minimum Gasteiger partial charge on any atom is -0.392 e. The van der Waals surface area contributed by atoms with Gasteiger partial charge >= 0.3 is 0 Å². The molecule has 0 saturated heterocycles. The van der Waals surface area contributed by atoms with Gasteiger partial charge in [-0.25, -0.2) is 0 Å². The van der Waals surface area contributed by atoms with Crippen molar-refractivity contribution in [2.24, 2.45) is 0 Å². The Morgan fingerprint density at radius 3 is 2.70 bits per heavy atom. The van der Waals surface area contributed by atoms with Gasteiger partial charge in [0.15, 0.2) is 0 Å². The molecule has 1 aromatic carbocycles. The van der Waals surface area contributed by atoms with Crippen LogP contribution in [-0.2, 0) is 6.61 Å². The number of hydrogen-bond donors (Lipinski definition) is 1. The van der Waals surface area contributed by atoms with Crippen LogP contribution in [0.25, 0.3) is 0 Å². The highest BCUT2D eigenvalue weighted by atomic mass is 127. The average molecular weight is 248 g/mol. The molecule has 0 aromatic heterocycles. The first kappa shape index (κ1) is 8.01. The zero-order chi connectivity index (χ0) is 7.56. The van der Waals surface area contributed by atoms with Crippen LogP contribution in [-0.4, -0.2) is 5.11 Å². The van der Waals surface area contributed by atoms with Crippen LogP contribution in [0.5, 0.6) is 0 Å². The summed E-state index contributed by atoms with van der Waals surface area (Å²) >= 11 is 2.28. The van der Waals surface area contributed by atoms with E-state index in [0.29, 0.717) is 0 Å². The zero-order valence-corrected chi connectivity index (χ0v) is 7.92. The van der Waals surface area contributed by atoms with E-state index in [-0.39, 0.29) is 6.61 Å². The number of aliphatic hydroxyl groups excluding tert-OH is 1. The van der Waals surface area contributed by atoms with E-state index in [0.717, 1.165) is 5.56 Å². The third-order valence-corrected chi connectivity index (χ3v) is 2.62. The molecule has 0 aliphatic heterocycles. The largest absolute Gasteiger partial charge is 0.392 e. The van der Waals surface area contributed by atoms with Crippen LogP contribution >= 0.6 is 22.6 Å². The van der Waals surface area contributed by atoms with Crippen LogP contribution in [0.4, 0.5) is 0 Å². The molecule has 10 heavy (non-hydrogen) atoms. The minimum absolute atomic E-state index is 0.137.